The van der Waals surface area contributed by atoms with Crippen molar-refractivity contribution in [2.24, 2.45) is 0 Å². The highest BCUT2D eigenvalue weighted by Gasteiger charge is 2.47. The van der Waals surface area contributed by atoms with Gasteiger partial charge in [-0.2, -0.15) is 0 Å². The summed E-state index contributed by atoms with van der Waals surface area (Å²) in [5.41, 5.74) is 4.88. The van der Waals surface area contributed by atoms with Crippen LogP contribution in [0.1, 0.15) is 177 Å². The van der Waals surface area contributed by atoms with Crippen molar-refractivity contribution in [2.75, 3.05) is 6.54 Å². The van der Waals surface area contributed by atoms with Crippen LogP contribution in [-0.2, 0) is 24.0 Å². The number of imide groups is 5. The summed E-state index contributed by atoms with van der Waals surface area (Å²) >= 11 is 0. The van der Waals surface area contributed by atoms with Gasteiger partial charge in [0.25, 0.3) is 35.4 Å². The maximum atomic E-state index is 12.7. The van der Waals surface area contributed by atoms with Crippen molar-refractivity contribution < 1.29 is 52.7 Å². The van der Waals surface area contributed by atoms with Crippen molar-refractivity contribution in [3.63, 3.8) is 0 Å². The molecule has 11 amide bonds. The maximum Gasteiger partial charge on any atom is 0.262 e. The largest absolute Gasteiger partial charge is 0.354 e. The second kappa shape index (κ2) is 18.1. The fourth-order valence-corrected chi connectivity index (χ4v) is 8.97. The number of benzene rings is 3. The van der Waals surface area contributed by atoms with E-state index in [2.05, 4.69) is 16.0 Å². The van der Waals surface area contributed by atoms with Gasteiger partial charge in [-0.25, -0.2) is 0 Å². The van der Waals surface area contributed by atoms with E-state index in [1.165, 1.54) is 0 Å². The third-order valence-electron chi connectivity index (χ3n) is 12.4. The van der Waals surface area contributed by atoms with Gasteiger partial charge < -0.3 is 5.32 Å². The quantitative estimate of drug-likeness (QED) is 0.298. The SMILES string of the molecule is CC(C)c1ccc2c(c1)C(=O)N(C1CCC(=O)NC1=O)C2=O.CC(C)c1cccc2c1C(=O)N(C1CCC(=O)NC1=O)C2=O.CC(C)c1cccc2c1C(=O)N(C1CCCNC1=O)C2=O. The third kappa shape index (κ3) is 8.37. The van der Waals surface area contributed by atoms with Crippen LogP contribution in [0.25, 0.3) is 0 Å². The Morgan fingerprint density at radius 2 is 0.892 bits per heavy atom. The highest BCUT2D eigenvalue weighted by Crippen LogP contribution is 2.35. The minimum absolute atomic E-state index is 0.0911. The molecule has 3 atom stereocenters. The first kappa shape index (κ1) is 45.8. The van der Waals surface area contributed by atoms with Crippen LogP contribution in [0, 0.1) is 0 Å². The summed E-state index contributed by atoms with van der Waals surface area (Å²) in [4.78, 5) is 137. The summed E-state index contributed by atoms with van der Waals surface area (Å²) in [6.07, 6.45) is 1.91. The van der Waals surface area contributed by atoms with Crippen molar-refractivity contribution in [2.45, 2.75) is 116 Å². The molecule has 0 bridgehead atoms. The number of hydrogen-bond acceptors (Lipinski definition) is 11. The molecule has 6 aliphatic rings. The Balaban J connectivity index is 0.000000145. The van der Waals surface area contributed by atoms with Gasteiger partial charge in [0.2, 0.25) is 29.5 Å². The zero-order chi connectivity index (χ0) is 47.2. The van der Waals surface area contributed by atoms with E-state index in [4.69, 9.17) is 0 Å². The maximum absolute atomic E-state index is 12.7. The summed E-state index contributed by atoms with van der Waals surface area (Å²) < 4.78 is 0. The van der Waals surface area contributed by atoms with Gasteiger partial charge >= 0.3 is 0 Å². The van der Waals surface area contributed by atoms with Gasteiger partial charge in [-0.05, 0) is 84.4 Å². The van der Waals surface area contributed by atoms with Crippen molar-refractivity contribution in [1.29, 1.82) is 0 Å². The van der Waals surface area contributed by atoms with Crippen LogP contribution in [0.5, 0.6) is 0 Å². The number of fused-ring (bicyclic) bond motifs is 3. The van der Waals surface area contributed by atoms with Crippen LogP contribution >= 0.6 is 0 Å². The summed E-state index contributed by atoms with van der Waals surface area (Å²) in [5.74, 6) is -4.20. The van der Waals surface area contributed by atoms with Gasteiger partial charge in [0.1, 0.15) is 18.1 Å². The summed E-state index contributed by atoms with van der Waals surface area (Å²) in [6.45, 7) is 12.5. The molecule has 338 valence electrons. The van der Waals surface area contributed by atoms with Crippen molar-refractivity contribution in [1.82, 2.24) is 30.7 Å². The Morgan fingerprint density at radius 3 is 1.32 bits per heavy atom. The Kier molecular flexibility index (Phi) is 12.8. The van der Waals surface area contributed by atoms with E-state index < -0.39 is 53.6 Å². The van der Waals surface area contributed by atoms with Crippen molar-refractivity contribution in [3.8, 4) is 0 Å². The van der Waals surface area contributed by atoms with Crippen molar-refractivity contribution in [3.05, 3.63) is 105 Å². The van der Waals surface area contributed by atoms with Crippen LogP contribution in [0.2, 0.25) is 0 Å². The molecule has 3 unspecified atom stereocenters. The van der Waals surface area contributed by atoms with Gasteiger partial charge in [-0.3, -0.25) is 78.1 Å². The second-order valence-corrected chi connectivity index (χ2v) is 17.6. The molecule has 3 aromatic carbocycles. The molecular formula is C48H50N6O11. The topological polar surface area (TPSA) is 234 Å². The van der Waals surface area contributed by atoms with Gasteiger partial charge in [0, 0.05) is 19.4 Å². The lowest BCUT2D eigenvalue weighted by atomic mass is 9.94. The normalized spacial score (nSPS) is 21.5. The van der Waals surface area contributed by atoms with Gasteiger partial charge in [0.05, 0.1) is 33.4 Å². The lowest BCUT2D eigenvalue weighted by Gasteiger charge is -2.28. The molecule has 3 N–H and O–H groups in total. The van der Waals surface area contributed by atoms with E-state index in [0.29, 0.717) is 46.3 Å². The molecule has 6 aliphatic heterocycles. The van der Waals surface area contributed by atoms with E-state index in [1.807, 2.05) is 59.7 Å². The molecule has 0 radical (unpaired) electrons. The Labute approximate surface area is 374 Å². The predicted molar refractivity (Wildman–Crippen MR) is 231 cm³/mol. The average molecular weight is 887 g/mol. The van der Waals surface area contributed by atoms with Crippen LogP contribution in [0.15, 0.2) is 54.6 Å². The molecule has 6 heterocycles. The summed E-state index contributed by atoms with van der Waals surface area (Å²) in [5, 5.41) is 7.10. The Bertz CT molecular complexity index is 2610. The molecular weight excluding hydrogens is 837 g/mol. The zero-order valence-electron chi connectivity index (χ0n) is 36.9. The monoisotopic (exact) mass is 886 g/mol. The number of carbonyl (C=O) groups is 11. The number of rotatable bonds is 6. The smallest absolute Gasteiger partial charge is 0.262 e. The van der Waals surface area contributed by atoms with E-state index in [-0.39, 0.29) is 73.0 Å². The number of amides is 11. The molecule has 3 aromatic rings. The summed E-state index contributed by atoms with van der Waals surface area (Å²) in [7, 11) is 0. The molecule has 0 aromatic heterocycles. The number of nitrogens with zero attached hydrogens (tertiary/aromatic N) is 3. The second-order valence-electron chi connectivity index (χ2n) is 17.6. The molecule has 0 saturated carbocycles. The molecule has 0 aliphatic carbocycles. The number of hydrogen-bond donors (Lipinski definition) is 3. The number of piperidine rings is 3. The van der Waals surface area contributed by atoms with E-state index in [1.54, 1.807) is 36.4 Å². The van der Waals surface area contributed by atoms with Gasteiger partial charge in [-0.1, -0.05) is 71.9 Å². The van der Waals surface area contributed by atoms with E-state index >= 15 is 0 Å². The minimum Gasteiger partial charge on any atom is -0.354 e. The lowest BCUT2D eigenvalue weighted by molar-refractivity contribution is -0.137. The Hall–Kier alpha value is -7.17. The van der Waals surface area contributed by atoms with Crippen LogP contribution in [0.4, 0.5) is 0 Å². The third-order valence-corrected chi connectivity index (χ3v) is 12.4. The van der Waals surface area contributed by atoms with Gasteiger partial charge in [-0.15, -0.1) is 0 Å². The molecule has 17 nitrogen and oxygen atoms in total. The van der Waals surface area contributed by atoms with E-state index in [9.17, 15) is 52.7 Å². The first-order valence-electron chi connectivity index (χ1n) is 21.8. The molecule has 9 rings (SSSR count). The predicted octanol–water partition coefficient (Wildman–Crippen LogP) is 4.11. The van der Waals surface area contributed by atoms with Crippen LogP contribution in [-0.4, -0.2) is 104 Å². The average Bonchev–Trinajstić information content (AvgIpc) is 3.78. The Morgan fingerprint density at radius 1 is 0.462 bits per heavy atom. The molecule has 0 spiro atoms. The highest BCUT2D eigenvalue weighted by molar-refractivity contribution is 6.25. The molecule has 3 saturated heterocycles. The van der Waals surface area contributed by atoms with Crippen LogP contribution in [0.3, 0.4) is 0 Å². The molecule has 17 heteroatoms. The minimum atomic E-state index is -0.912. The highest BCUT2D eigenvalue weighted by atomic mass is 16.2. The standard InChI is InChI=1S/2C16H16N2O4.C16H18N2O3/c1-8(2)9-3-4-10-11(7-9)16(22)18(15(10)21)12-5-6-13(19)17-14(12)20;1-8(2)9-4-3-5-10-13(9)16(22)18(15(10)21)11-6-7-12(19)17-14(11)20;1-9(2)10-5-3-6-11-13(10)16(21)18(15(11)20)12-7-4-8-17-14(12)19/h3-4,7-8,12H,5-6H2,1-2H3,(H,17,19,20);3-5,8,11H,6-7H2,1-2H3,(H,17,19,20);3,5-6,9,12H,4,7-8H2,1-2H3,(H,17,19). The van der Waals surface area contributed by atoms with Gasteiger partial charge in [0.15, 0.2) is 0 Å². The first-order chi connectivity index (χ1) is 30.8. The fraction of sp³-hybridized carbons (Fsp3) is 0.396. The molecule has 3 fully saturated rings. The van der Waals surface area contributed by atoms with E-state index in [0.717, 1.165) is 37.8 Å². The number of nitrogens with one attached hydrogen (secondary N) is 3. The van der Waals surface area contributed by atoms with Crippen LogP contribution < -0.4 is 16.0 Å². The first-order valence-corrected chi connectivity index (χ1v) is 21.8. The van der Waals surface area contributed by atoms with Crippen molar-refractivity contribution >= 4 is 65.0 Å². The fourth-order valence-electron chi connectivity index (χ4n) is 8.97. The molecule has 65 heavy (non-hydrogen) atoms. The zero-order valence-corrected chi connectivity index (χ0v) is 36.9. The lowest BCUT2D eigenvalue weighted by Crippen LogP contribution is -2.54. The number of carbonyl (C=O) groups excluding carboxylic acids is 11. The summed E-state index contributed by atoms with van der Waals surface area (Å²) in [6, 6.07) is 13.2.